The van der Waals surface area contributed by atoms with E-state index < -0.39 is 10.8 Å². The van der Waals surface area contributed by atoms with Gasteiger partial charge in [-0.05, 0) is 24.3 Å². The van der Waals surface area contributed by atoms with Crippen LogP contribution in [0.3, 0.4) is 0 Å². The molecule has 2 rings (SSSR count). The van der Waals surface area contributed by atoms with Crippen molar-refractivity contribution in [1.29, 1.82) is 0 Å². The SMILES string of the molecule is CN=C(NCCCC1CCCC1)NCCS(=O)Cc1ccccc1.I. The Morgan fingerprint density at radius 1 is 1.16 bits per heavy atom. The molecule has 0 aliphatic heterocycles. The summed E-state index contributed by atoms with van der Waals surface area (Å²) < 4.78 is 12.1. The third kappa shape index (κ3) is 9.58. The Morgan fingerprint density at radius 3 is 2.52 bits per heavy atom. The minimum Gasteiger partial charge on any atom is -0.356 e. The van der Waals surface area contributed by atoms with Crippen molar-refractivity contribution in [2.24, 2.45) is 10.9 Å². The van der Waals surface area contributed by atoms with Crippen LogP contribution in [0.5, 0.6) is 0 Å². The van der Waals surface area contributed by atoms with Gasteiger partial charge in [0, 0.05) is 42.4 Å². The van der Waals surface area contributed by atoms with E-state index in [-0.39, 0.29) is 24.0 Å². The third-order valence-electron chi connectivity index (χ3n) is 4.57. The summed E-state index contributed by atoms with van der Waals surface area (Å²) in [5.41, 5.74) is 1.13. The number of hydrogen-bond donors (Lipinski definition) is 2. The second-order valence-corrected chi connectivity index (χ2v) is 8.07. The predicted octanol–water partition coefficient (Wildman–Crippen LogP) is 3.69. The Bertz CT molecular complexity index is 519. The van der Waals surface area contributed by atoms with Crippen molar-refractivity contribution < 1.29 is 4.21 Å². The molecule has 0 aromatic heterocycles. The Labute approximate surface area is 172 Å². The van der Waals surface area contributed by atoms with E-state index in [4.69, 9.17) is 0 Å². The molecule has 1 aliphatic rings. The molecule has 1 atom stereocenters. The van der Waals surface area contributed by atoms with Crippen LogP contribution in [0.1, 0.15) is 44.1 Å². The fraction of sp³-hybridized carbons (Fsp3) is 0.632. The molecule has 1 aliphatic carbocycles. The molecule has 0 radical (unpaired) electrons. The average molecular weight is 477 g/mol. The second kappa shape index (κ2) is 13.6. The molecule has 1 aromatic rings. The van der Waals surface area contributed by atoms with Gasteiger partial charge >= 0.3 is 0 Å². The molecule has 0 heterocycles. The van der Waals surface area contributed by atoms with Crippen molar-refractivity contribution in [3.05, 3.63) is 35.9 Å². The zero-order valence-electron chi connectivity index (χ0n) is 15.2. The zero-order valence-corrected chi connectivity index (χ0v) is 18.4. The summed E-state index contributed by atoms with van der Waals surface area (Å²) in [5.74, 6) is 3.02. The smallest absolute Gasteiger partial charge is 0.191 e. The highest BCUT2D eigenvalue weighted by atomic mass is 127. The molecule has 0 spiro atoms. The molecule has 1 saturated carbocycles. The van der Waals surface area contributed by atoms with E-state index in [1.165, 1.54) is 38.5 Å². The third-order valence-corrected chi connectivity index (χ3v) is 5.89. The first kappa shape index (κ1) is 22.4. The minimum absolute atomic E-state index is 0. The van der Waals surface area contributed by atoms with Gasteiger partial charge in [-0.3, -0.25) is 9.20 Å². The molecule has 6 heteroatoms. The van der Waals surface area contributed by atoms with Crippen molar-refractivity contribution in [1.82, 2.24) is 10.6 Å². The van der Waals surface area contributed by atoms with Gasteiger partial charge in [0.25, 0.3) is 0 Å². The molecule has 1 aromatic carbocycles. The van der Waals surface area contributed by atoms with Gasteiger partial charge in [0.05, 0.1) is 0 Å². The first-order valence-electron chi connectivity index (χ1n) is 9.11. The largest absolute Gasteiger partial charge is 0.356 e. The van der Waals surface area contributed by atoms with E-state index in [1.54, 1.807) is 7.05 Å². The lowest BCUT2D eigenvalue weighted by atomic mass is 10.0. The molecule has 2 N–H and O–H groups in total. The summed E-state index contributed by atoms with van der Waals surface area (Å²) in [6.07, 6.45) is 8.19. The van der Waals surface area contributed by atoms with Crippen LogP contribution in [-0.2, 0) is 16.6 Å². The Hall–Kier alpha value is -0.630. The summed E-state index contributed by atoms with van der Waals surface area (Å²) in [4.78, 5) is 4.23. The van der Waals surface area contributed by atoms with Crippen LogP contribution in [0.4, 0.5) is 0 Å². The normalized spacial score (nSPS) is 16.3. The monoisotopic (exact) mass is 477 g/mol. The van der Waals surface area contributed by atoms with Crippen LogP contribution in [0.15, 0.2) is 35.3 Å². The van der Waals surface area contributed by atoms with Crippen LogP contribution in [0, 0.1) is 5.92 Å². The van der Waals surface area contributed by atoms with Crippen molar-refractivity contribution in [2.75, 3.05) is 25.9 Å². The van der Waals surface area contributed by atoms with Crippen molar-refractivity contribution >= 4 is 40.7 Å². The first-order chi connectivity index (χ1) is 11.8. The number of halogens is 1. The maximum atomic E-state index is 12.1. The topological polar surface area (TPSA) is 53.5 Å². The van der Waals surface area contributed by atoms with Gasteiger partial charge in [0.15, 0.2) is 5.96 Å². The lowest BCUT2D eigenvalue weighted by molar-refractivity contribution is 0.481. The number of benzene rings is 1. The lowest BCUT2D eigenvalue weighted by Crippen LogP contribution is -2.39. The first-order valence-corrected chi connectivity index (χ1v) is 10.6. The maximum Gasteiger partial charge on any atom is 0.191 e. The molecular weight excluding hydrogens is 445 g/mol. The van der Waals surface area contributed by atoms with Crippen molar-refractivity contribution in [2.45, 2.75) is 44.3 Å². The van der Waals surface area contributed by atoms with E-state index in [2.05, 4.69) is 15.6 Å². The molecule has 4 nitrogen and oxygen atoms in total. The molecule has 1 unspecified atom stereocenters. The summed E-state index contributed by atoms with van der Waals surface area (Å²) in [5, 5.41) is 6.62. The maximum absolute atomic E-state index is 12.1. The van der Waals surface area contributed by atoms with Gasteiger partial charge in [0.1, 0.15) is 0 Å². The van der Waals surface area contributed by atoms with Gasteiger partial charge in [-0.2, -0.15) is 0 Å². The van der Waals surface area contributed by atoms with E-state index in [0.29, 0.717) is 18.1 Å². The second-order valence-electron chi connectivity index (χ2n) is 6.49. The van der Waals surface area contributed by atoms with Gasteiger partial charge in [0.2, 0.25) is 0 Å². The summed E-state index contributed by atoms with van der Waals surface area (Å²) in [7, 11) is 0.941. The van der Waals surface area contributed by atoms with Gasteiger partial charge in [-0.1, -0.05) is 56.0 Å². The molecule has 25 heavy (non-hydrogen) atoms. The summed E-state index contributed by atoms with van der Waals surface area (Å²) in [6.45, 7) is 1.64. The van der Waals surface area contributed by atoms with Gasteiger partial charge < -0.3 is 10.6 Å². The lowest BCUT2D eigenvalue weighted by Gasteiger charge is -2.13. The molecule has 142 valence electrons. The van der Waals surface area contributed by atoms with E-state index >= 15 is 0 Å². The number of rotatable bonds is 9. The van der Waals surface area contributed by atoms with Crippen molar-refractivity contribution in [3.8, 4) is 0 Å². The number of nitrogens with one attached hydrogen (secondary N) is 2. The standard InChI is InChI=1S/C19H31N3OS.HI/c1-20-19(21-13-7-12-17-8-5-6-9-17)22-14-15-24(23)16-18-10-3-2-4-11-18;/h2-4,10-11,17H,5-9,12-16H2,1H3,(H2,20,21,22);1H. The molecular formula is C19H32IN3OS. The minimum atomic E-state index is -0.844. The van der Waals surface area contributed by atoms with Gasteiger partial charge in [-0.25, -0.2) is 0 Å². The molecule has 0 bridgehead atoms. The summed E-state index contributed by atoms with van der Waals surface area (Å²) in [6, 6.07) is 10.0. The average Bonchev–Trinajstić information content (AvgIpc) is 3.11. The number of nitrogens with zero attached hydrogens (tertiary/aromatic N) is 1. The van der Waals surface area contributed by atoms with E-state index in [1.807, 2.05) is 30.3 Å². The predicted molar refractivity (Wildman–Crippen MR) is 119 cm³/mol. The van der Waals surface area contributed by atoms with Crippen molar-refractivity contribution in [3.63, 3.8) is 0 Å². The molecule has 0 amide bonds. The highest BCUT2D eigenvalue weighted by molar-refractivity contribution is 14.0. The Balaban J connectivity index is 0.00000312. The van der Waals surface area contributed by atoms with E-state index in [9.17, 15) is 4.21 Å². The van der Waals surface area contributed by atoms with Crippen LogP contribution >= 0.6 is 24.0 Å². The highest BCUT2D eigenvalue weighted by Gasteiger charge is 2.14. The van der Waals surface area contributed by atoms with Crippen LogP contribution < -0.4 is 10.6 Å². The number of hydrogen-bond acceptors (Lipinski definition) is 2. The fourth-order valence-corrected chi connectivity index (χ4v) is 4.27. The highest BCUT2D eigenvalue weighted by Crippen LogP contribution is 2.28. The molecule has 1 fully saturated rings. The number of guanidine groups is 1. The zero-order chi connectivity index (χ0) is 17.0. The van der Waals surface area contributed by atoms with Crippen LogP contribution in [0.2, 0.25) is 0 Å². The van der Waals surface area contributed by atoms with Crippen LogP contribution in [0.25, 0.3) is 0 Å². The Morgan fingerprint density at radius 2 is 1.84 bits per heavy atom. The van der Waals surface area contributed by atoms with E-state index in [0.717, 1.165) is 24.0 Å². The summed E-state index contributed by atoms with van der Waals surface area (Å²) >= 11 is 0. The quantitative estimate of drug-likeness (QED) is 0.247. The molecule has 0 saturated heterocycles. The van der Waals surface area contributed by atoms with Gasteiger partial charge in [-0.15, -0.1) is 24.0 Å². The fourth-order valence-electron chi connectivity index (χ4n) is 3.23. The van der Waals surface area contributed by atoms with Crippen LogP contribution in [-0.4, -0.2) is 36.1 Å². The Kier molecular flexibility index (Phi) is 12.2. The number of aliphatic imine (C=N–C) groups is 1.